The molecule has 0 radical (unpaired) electrons. The molecule has 3 rings (SSSR count). The van der Waals surface area contributed by atoms with E-state index >= 15 is 0 Å². The lowest BCUT2D eigenvalue weighted by Crippen LogP contribution is -2.38. The van der Waals surface area contributed by atoms with Crippen molar-refractivity contribution in [2.75, 3.05) is 0 Å². The lowest BCUT2D eigenvalue weighted by atomic mass is 10.1. The van der Waals surface area contributed by atoms with Crippen LogP contribution in [0.25, 0.3) is 0 Å². The minimum Gasteiger partial charge on any atom is -0.508 e. The molecule has 0 aromatic heterocycles. The Bertz CT molecular complexity index is 463. The maximum Gasteiger partial charge on any atom is 0.251 e. The van der Waals surface area contributed by atoms with E-state index in [1.54, 1.807) is 18.2 Å². The number of aryl methyl sites for hydroxylation is 1. The Morgan fingerprint density at radius 1 is 1.28 bits per heavy atom. The van der Waals surface area contributed by atoms with Gasteiger partial charge < -0.3 is 10.4 Å². The highest BCUT2D eigenvalue weighted by Crippen LogP contribution is 2.44. The van der Waals surface area contributed by atoms with Crippen molar-refractivity contribution in [3.63, 3.8) is 0 Å². The van der Waals surface area contributed by atoms with E-state index in [4.69, 9.17) is 0 Å². The Morgan fingerprint density at radius 2 is 1.89 bits per heavy atom. The van der Waals surface area contributed by atoms with Crippen molar-refractivity contribution in [3.8, 4) is 5.75 Å². The van der Waals surface area contributed by atoms with Crippen LogP contribution >= 0.6 is 0 Å². The van der Waals surface area contributed by atoms with Gasteiger partial charge in [-0.1, -0.05) is 6.07 Å². The third-order valence-electron chi connectivity index (χ3n) is 4.03. The van der Waals surface area contributed by atoms with Gasteiger partial charge in [0.25, 0.3) is 5.91 Å². The number of aromatic hydroxyl groups is 1. The number of carbonyl (C=O) groups excluding carboxylic acids is 1. The molecule has 0 saturated heterocycles. The molecule has 2 aliphatic carbocycles. The van der Waals surface area contributed by atoms with E-state index in [1.165, 1.54) is 25.7 Å². The number of nitrogens with one attached hydrogen (secondary N) is 1. The number of phenolic OH excluding ortho intramolecular Hbond substituents is 1. The van der Waals surface area contributed by atoms with Gasteiger partial charge >= 0.3 is 0 Å². The minimum absolute atomic E-state index is 0.0471. The summed E-state index contributed by atoms with van der Waals surface area (Å²) in [5.41, 5.74) is 1.36. The second-order valence-corrected chi connectivity index (χ2v) is 5.68. The van der Waals surface area contributed by atoms with Crippen LogP contribution < -0.4 is 5.32 Å². The van der Waals surface area contributed by atoms with Crippen LogP contribution in [0.4, 0.5) is 0 Å². The molecule has 3 nitrogen and oxygen atoms in total. The molecular formula is C15H19NO2. The van der Waals surface area contributed by atoms with Crippen LogP contribution in [0, 0.1) is 18.8 Å². The lowest BCUT2D eigenvalue weighted by molar-refractivity contribution is 0.0926. The summed E-state index contributed by atoms with van der Waals surface area (Å²) < 4.78 is 0. The first-order valence-corrected chi connectivity index (χ1v) is 6.75. The maximum absolute atomic E-state index is 12.2. The summed E-state index contributed by atoms with van der Waals surface area (Å²) in [5, 5.41) is 12.8. The highest BCUT2D eigenvalue weighted by molar-refractivity contribution is 5.95. The highest BCUT2D eigenvalue weighted by atomic mass is 16.3. The van der Waals surface area contributed by atoms with Crippen molar-refractivity contribution in [2.24, 2.45) is 11.8 Å². The second-order valence-electron chi connectivity index (χ2n) is 5.68. The molecule has 0 aliphatic heterocycles. The van der Waals surface area contributed by atoms with E-state index in [-0.39, 0.29) is 11.7 Å². The van der Waals surface area contributed by atoms with Crippen LogP contribution in [0.15, 0.2) is 18.2 Å². The topological polar surface area (TPSA) is 49.3 Å². The summed E-state index contributed by atoms with van der Waals surface area (Å²) in [6.45, 7) is 1.83. The standard InChI is InChI=1S/C15H19NO2/c1-9-2-3-12(8-13(9)17)15(18)16-14(10-4-5-10)11-6-7-11/h2-3,8,10-11,14,17H,4-7H2,1H3,(H,16,18). The Kier molecular flexibility index (Phi) is 2.77. The zero-order valence-corrected chi connectivity index (χ0v) is 10.6. The van der Waals surface area contributed by atoms with Crippen molar-refractivity contribution in [1.82, 2.24) is 5.32 Å². The van der Waals surface area contributed by atoms with Crippen molar-refractivity contribution >= 4 is 5.91 Å². The Hall–Kier alpha value is -1.51. The van der Waals surface area contributed by atoms with Gasteiger partial charge in [-0.3, -0.25) is 4.79 Å². The molecule has 0 heterocycles. The van der Waals surface area contributed by atoms with E-state index < -0.39 is 0 Å². The maximum atomic E-state index is 12.2. The molecule has 2 saturated carbocycles. The van der Waals surface area contributed by atoms with Crippen LogP contribution in [-0.2, 0) is 0 Å². The van der Waals surface area contributed by atoms with E-state index in [0.29, 0.717) is 23.4 Å². The fourth-order valence-corrected chi connectivity index (χ4v) is 2.52. The molecule has 0 unspecified atom stereocenters. The smallest absolute Gasteiger partial charge is 0.251 e. The summed E-state index contributed by atoms with van der Waals surface area (Å²) in [4.78, 5) is 12.2. The van der Waals surface area contributed by atoms with Crippen molar-refractivity contribution in [3.05, 3.63) is 29.3 Å². The summed E-state index contributed by atoms with van der Waals surface area (Å²) >= 11 is 0. The quantitative estimate of drug-likeness (QED) is 0.856. The third kappa shape index (κ3) is 2.35. The predicted molar refractivity (Wildman–Crippen MR) is 69.5 cm³/mol. The van der Waals surface area contributed by atoms with Gasteiger partial charge in [0, 0.05) is 11.6 Å². The second kappa shape index (κ2) is 4.30. The van der Waals surface area contributed by atoms with Gasteiger partial charge in [0.05, 0.1) is 0 Å². The van der Waals surface area contributed by atoms with Crippen LogP contribution in [-0.4, -0.2) is 17.1 Å². The Morgan fingerprint density at radius 3 is 2.39 bits per heavy atom. The van der Waals surface area contributed by atoms with Gasteiger partial charge in [0.1, 0.15) is 5.75 Å². The molecule has 3 heteroatoms. The SMILES string of the molecule is Cc1ccc(C(=O)NC(C2CC2)C2CC2)cc1O. The Labute approximate surface area is 107 Å². The molecule has 0 spiro atoms. The third-order valence-corrected chi connectivity index (χ3v) is 4.03. The van der Waals surface area contributed by atoms with E-state index in [9.17, 15) is 9.90 Å². The molecule has 2 fully saturated rings. The van der Waals surface area contributed by atoms with Gasteiger partial charge in [0.15, 0.2) is 0 Å². The predicted octanol–water partition coefficient (Wildman–Crippen LogP) is 2.62. The monoisotopic (exact) mass is 245 g/mol. The molecule has 2 aliphatic rings. The molecule has 1 amide bonds. The molecular weight excluding hydrogens is 226 g/mol. The van der Waals surface area contributed by atoms with Crippen molar-refractivity contribution in [2.45, 2.75) is 38.6 Å². The van der Waals surface area contributed by atoms with Crippen molar-refractivity contribution < 1.29 is 9.90 Å². The highest BCUT2D eigenvalue weighted by Gasteiger charge is 2.42. The average molecular weight is 245 g/mol. The summed E-state index contributed by atoms with van der Waals surface area (Å²) in [6, 6.07) is 5.48. The molecule has 0 atom stereocenters. The zero-order valence-electron chi connectivity index (χ0n) is 10.6. The van der Waals surface area contributed by atoms with Crippen LogP contribution in [0.3, 0.4) is 0 Å². The number of phenols is 1. The zero-order chi connectivity index (χ0) is 12.7. The van der Waals surface area contributed by atoms with Crippen LogP contribution in [0.5, 0.6) is 5.75 Å². The van der Waals surface area contributed by atoms with Crippen LogP contribution in [0.2, 0.25) is 0 Å². The summed E-state index contributed by atoms with van der Waals surface area (Å²) in [6.07, 6.45) is 5.00. The number of benzene rings is 1. The fourth-order valence-electron chi connectivity index (χ4n) is 2.52. The molecule has 0 bridgehead atoms. The number of carbonyl (C=O) groups is 1. The lowest BCUT2D eigenvalue weighted by Gasteiger charge is -2.17. The van der Waals surface area contributed by atoms with Gasteiger partial charge in [-0.05, 0) is 62.1 Å². The number of rotatable bonds is 4. The minimum atomic E-state index is -0.0471. The molecule has 96 valence electrons. The normalized spacial score (nSPS) is 19.0. The first-order valence-electron chi connectivity index (χ1n) is 6.75. The van der Waals surface area contributed by atoms with E-state index in [2.05, 4.69) is 5.32 Å². The van der Waals surface area contributed by atoms with Gasteiger partial charge in [0.2, 0.25) is 0 Å². The summed E-state index contributed by atoms with van der Waals surface area (Å²) in [5.74, 6) is 1.53. The van der Waals surface area contributed by atoms with E-state index in [0.717, 1.165) is 5.56 Å². The molecule has 2 N–H and O–H groups in total. The first-order chi connectivity index (χ1) is 8.65. The fraction of sp³-hybridized carbons (Fsp3) is 0.533. The number of hydrogen-bond donors (Lipinski definition) is 2. The van der Waals surface area contributed by atoms with Gasteiger partial charge in [-0.15, -0.1) is 0 Å². The largest absolute Gasteiger partial charge is 0.508 e. The molecule has 1 aromatic carbocycles. The van der Waals surface area contributed by atoms with Gasteiger partial charge in [-0.25, -0.2) is 0 Å². The molecule has 1 aromatic rings. The van der Waals surface area contributed by atoms with Gasteiger partial charge in [-0.2, -0.15) is 0 Å². The Balaban J connectivity index is 1.71. The van der Waals surface area contributed by atoms with E-state index in [1.807, 2.05) is 6.92 Å². The van der Waals surface area contributed by atoms with Crippen LogP contribution in [0.1, 0.15) is 41.6 Å². The average Bonchev–Trinajstić information content (AvgIpc) is 3.22. The first kappa shape index (κ1) is 11.6. The van der Waals surface area contributed by atoms with Crippen molar-refractivity contribution in [1.29, 1.82) is 0 Å². The summed E-state index contributed by atoms with van der Waals surface area (Å²) in [7, 11) is 0. The number of amides is 1. The number of hydrogen-bond acceptors (Lipinski definition) is 2. The molecule has 18 heavy (non-hydrogen) atoms.